The second-order valence-electron chi connectivity index (χ2n) is 25.5. The van der Waals surface area contributed by atoms with Crippen molar-refractivity contribution in [1.82, 2.24) is 29.3 Å². The van der Waals surface area contributed by atoms with Crippen LogP contribution in [0, 0.1) is 85.9 Å². The van der Waals surface area contributed by atoms with Crippen LogP contribution in [0.2, 0.25) is 0 Å². The fourth-order valence-electron chi connectivity index (χ4n) is 14.4. The summed E-state index contributed by atoms with van der Waals surface area (Å²) < 4.78 is 46.3. The van der Waals surface area contributed by atoms with Gasteiger partial charge in [0.2, 0.25) is 5.69 Å². The summed E-state index contributed by atoms with van der Waals surface area (Å²) >= 11 is 2.14. The molecule has 12 nitrogen and oxygen atoms in total. The standard InChI is InChI=1S/C26H24FN3O.C26H20FN3O.C19H17FN2O.C7H4IN/c2*1-25-16-19-17-29-30(22-9-7-21(27)8-10-22)24(19)15-20(25)12-14-26(25,31)13-11-18-5-3-4-6-23(18)28-2;1-3-19(23)9-8-14-10-17-13(11-18(14,19)2)12-21-22(17)16-6-4-15(20)5-7-16;8-7-4-2-1-3-6(7)5-9/h3-10,15,17,31H,11-14,16H2,1H3;3-10,15,17,31H,12,14,16H2,1H3;1,4-7,10,12,23H,8-9,11H2,2H3;1-4H/t2*25-,26-;18-,19-;/m000./s1. The number of fused-ring (bicyclic) bond motifs is 6. The Morgan fingerprint density at radius 2 is 0.947 bits per heavy atom. The van der Waals surface area contributed by atoms with E-state index >= 15 is 0 Å². The summed E-state index contributed by atoms with van der Waals surface area (Å²) in [6.45, 7) is 21.0. The van der Waals surface area contributed by atoms with E-state index in [4.69, 9.17) is 24.8 Å². The van der Waals surface area contributed by atoms with Gasteiger partial charge in [-0.15, -0.1) is 6.42 Å². The van der Waals surface area contributed by atoms with Gasteiger partial charge in [0.25, 0.3) is 0 Å². The Hall–Kier alpha value is -9.84. The van der Waals surface area contributed by atoms with Crippen LogP contribution in [0.1, 0.15) is 116 Å². The second kappa shape index (κ2) is 25.6. The highest BCUT2D eigenvalue weighted by Crippen LogP contribution is 2.59. The topological polar surface area (TPSA) is 147 Å². The molecule has 94 heavy (non-hydrogen) atoms. The van der Waals surface area contributed by atoms with Gasteiger partial charge in [-0.1, -0.05) is 116 Å². The van der Waals surface area contributed by atoms with Crippen LogP contribution in [-0.4, -0.2) is 61.5 Å². The number of aromatic nitrogens is 6. The van der Waals surface area contributed by atoms with E-state index in [0.717, 1.165) is 102 Å². The molecule has 9 aromatic rings. The van der Waals surface area contributed by atoms with Gasteiger partial charge < -0.3 is 15.3 Å². The summed E-state index contributed by atoms with van der Waals surface area (Å²) in [4.78, 5) is 7.15. The number of benzene rings is 6. The predicted octanol–water partition coefficient (Wildman–Crippen LogP) is 16.0. The molecule has 6 aliphatic carbocycles. The van der Waals surface area contributed by atoms with Crippen LogP contribution >= 0.6 is 22.6 Å². The van der Waals surface area contributed by atoms with E-state index in [1.54, 1.807) is 42.5 Å². The van der Waals surface area contributed by atoms with Crippen LogP contribution in [0.4, 0.5) is 24.5 Å². The number of hydrogen-bond donors (Lipinski definition) is 3. The Labute approximate surface area is 558 Å². The van der Waals surface area contributed by atoms with Crippen LogP contribution in [0.5, 0.6) is 0 Å². The Kier molecular flexibility index (Phi) is 17.5. The number of halogens is 4. The number of para-hydroxylation sites is 2. The van der Waals surface area contributed by atoms with Crippen molar-refractivity contribution in [3.63, 3.8) is 0 Å². The lowest BCUT2D eigenvalue weighted by Crippen LogP contribution is -2.45. The molecule has 16 heteroatoms. The minimum atomic E-state index is -1.19. The molecule has 0 aliphatic heterocycles. The Bertz CT molecular complexity index is 4780. The molecule has 0 saturated heterocycles. The smallest absolute Gasteiger partial charge is 0.202 e. The second-order valence-corrected chi connectivity index (χ2v) is 26.6. The number of rotatable bonds is 6. The van der Waals surface area contributed by atoms with Crippen molar-refractivity contribution in [1.29, 1.82) is 5.26 Å². The number of aliphatic hydroxyl groups is 3. The lowest BCUT2D eigenvalue weighted by Gasteiger charge is -2.42. The molecule has 6 aliphatic rings. The fourth-order valence-corrected chi connectivity index (χ4v) is 14.9. The van der Waals surface area contributed by atoms with Gasteiger partial charge in [0, 0.05) is 25.4 Å². The normalized spacial score (nSPS) is 23.7. The molecule has 6 aromatic carbocycles. The molecule has 15 rings (SSSR count). The summed E-state index contributed by atoms with van der Waals surface area (Å²) in [6, 6.07) is 43.3. The van der Waals surface area contributed by atoms with E-state index in [2.05, 4.69) is 103 Å². The highest BCUT2D eigenvalue weighted by Gasteiger charge is 2.57. The van der Waals surface area contributed by atoms with Gasteiger partial charge in [-0.3, -0.25) is 0 Å². The van der Waals surface area contributed by atoms with Crippen molar-refractivity contribution in [2.45, 2.75) is 108 Å². The predicted molar refractivity (Wildman–Crippen MR) is 366 cm³/mol. The molecular formula is C78H65F3IN9O3. The lowest BCUT2D eigenvalue weighted by atomic mass is 9.65. The van der Waals surface area contributed by atoms with Crippen molar-refractivity contribution in [2.24, 2.45) is 16.2 Å². The van der Waals surface area contributed by atoms with Gasteiger partial charge >= 0.3 is 0 Å². The van der Waals surface area contributed by atoms with Crippen molar-refractivity contribution in [2.75, 3.05) is 0 Å². The maximum Gasteiger partial charge on any atom is 0.202 e. The number of terminal acetylenes is 1. The summed E-state index contributed by atoms with van der Waals surface area (Å²) in [5.74, 6) is 7.97. The first-order valence-corrected chi connectivity index (χ1v) is 32.1. The summed E-state index contributed by atoms with van der Waals surface area (Å²) in [7, 11) is 0. The zero-order valence-corrected chi connectivity index (χ0v) is 54.2. The van der Waals surface area contributed by atoms with E-state index in [1.807, 2.05) is 106 Å². The van der Waals surface area contributed by atoms with Crippen LogP contribution in [0.25, 0.3) is 45.0 Å². The lowest BCUT2D eigenvalue weighted by molar-refractivity contribution is -0.0461. The van der Waals surface area contributed by atoms with Gasteiger partial charge in [-0.05, 0) is 219 Å². The molecule has 468 valence electrons. The number of nitriles is 1. The number of aryl methyl sites for hydroxylation is 1. The molecule has 3 saturated carbocycles. The van der Waals surface area contributed by atoms with Gasteiger partial charge in [0.1, 0.15) is 34.7 Å². The van der Waals surface area contributed by atoms with E-state index in [9.17, 15) is 28.5 Å². The van der Waals surface area contributed by atoms with Crippen molar-refractivity contribution < 1.29 is 28.5 Å². The van der Waals surface area contributed by atoms with Crippen molar-refractivity contribution in [3.8, 4) is 47.3 Å². The van der Waals surface area contributed by atoms with Crippen LogP contribution in [0.3, 0.4) is 0 Å². The summed E-state index contributed by atoms with van der Waals surface area (Å²) in [6.07, 6.45) is 24.9. The molecule has 3 aromatic heterocycles. The van der Waals surface area contributed by atoms with Crippen molar-refractivity contribution >= 4 is 52.2 Å². The molecule has 6 atom stereocenters. The third kappa shape index (κ3) is 11.7. The Morgan fingerprint density at radius 3 is 1.40 bits per heavy atom. The summed E-state index contributed by atoms with van der Waals surface area (Å²) in [5.41, 5.74) is 11.2. The maximum absolute atomic E-state index is 13.3. The minimum absolute atomic E-state index is 0.267. The molecule has 0 bridgehead atoms. The zero-order chi connectivity index (χ0) is 66.2. The highest BCUT2D eigenvalue weighted by atomic mass is 127. The van der Waals surface area contributed by atoms with Crippen LogP contribution in [-0.2, 0) is 25.7 Å². The largest absolute Gasteiger partial charge is 0.389 e. The van der Waals surface area contributed by atoms with E-state index in [0.29, 0.717) is 61.9 Å². The molecular weight excluding hydrogens is 1290 g/mol. The Morgan fingerprint density at radius 1 is 0.543 bits per heavy atom. The fraction of sp³-hybridized carbons (Fsp3) is 0.256. The molecule has 3 N–H and O–H groups in total. The van der Waals surface area contributed by atoms with E-state index < -0.39 is 27.6 Å². The molecule has 0 spiro atoms. The van der Waals surface area contributed by atoms with Crippen LogP contribution in [0.15, 0.2) is 181 Å². The molecule has 3 heterocycles. The highest BCUT2D eigenvalue weighted by molar-refractivity contribution is 14.1. The van der Waals surface area contributed by atoms with E-state index in [1.165, 1.54) is 42.0 Å². The van der Waals surface area contributed by atoms with Gasteiger partial charge in [-0.2, -0.15) is 20.6 Å². The van der Waals surface area contributed by atoms with Gasteiger partial charge in [0.05, 0.1) is 77.0 Å². The monoisotopic (exact) mass is 1360 g/mol. The number of nitrogens with zero attached hydrogens (tertiary/aromatic N) is 9. The first kappa shape index (κ1) is 64.3. The van der Waals surface area contributed by atoms with E-state index in [-0.39, 0.29) is 22.9 Å². The first-order chi connectivity index (χ1) is 45.2. The third-order valence-electron chi connectivity index (χ3n) is 20.3. The van der Waals surface area contributed by atoms with Gasteiger partial charge in [-0.25, -0.2) is 36.9 Å². The molecule has 0 unspecified atom stereocenters. The average Bonchev–Trinajstić information content (AvgIpc) is 1.57. The first-order valence-electron chi connectivity index (χ1n) is 31.0. The zero-order valence-electron chi connectivity index (χ0n) is 52.1. The summed E-state index contributed by atoms with van der Waals surface area (Å²) in [5, 5.41) is 56.1. The SMILES string of the molecule is C#C[C@]1(O)CCC2=Cc3c(cnn3-c3ccc(F)cc3)C[C@@]21C.N#Cc1ccccc1I.[C-]#[N+]c1ccccc1C#C[C@]1(O)CCC2=Cc3c(cnn3-c3ccc(F)cc3)C[C@@]21C.[C-]#[N+]c1ccccc1CC[C@]1(O)CCC2=Cc3c(cnn3-c3ccc(F)cc3)C[C@@]21C. The maximum atomic E-state index is 13.3. The van der Waals surface area contributed by atoms with Crippen LogP contribution < -0.4 is 0 Å². The van der Waals surface area contributed by atoms with Crippen molar-refractivity contribution in [3.05, 3.63) is 275 Å². The minimum Gasteiger partial charge on any atom is -0.389 e. The molecule has 0 radical (unpaired) electrons. The van der Waals surface area contributed by atoms with Gasteiger partial charge in [0.15, 0.2) is 5.69 Å². The molecule has 3 fully saturated rings. The Balaban J connectivity index is 0.000000128. The average molecular weight is 1360 g/mol. The molecule has 0 amide bonds. The number of hydrogen-bond acceptors (Lipinski definition) is 7. The quantitative estimate of drug-likeness (QED) is 0.0853. The third-order valence-corrected chi connectivity index (χ3v) is 21.3.